The van der Waals surface area contributed by atoms with E-state index < -0.39 is 11.4 Å². The van der Waals surface area contributed by atoms with Gasteiger partial charge in [-0.05, 0) is 38.7 Å². The summed E-state index contributed by atoms with van der Waals surface area (Å²) in [5.74, 6) is -0.869. The highest BCUT2D eigenvalue weighted by molar-refractivity contribution is 5.74. The second-order valence-electron chi connectivity index (χ2n) is 5.17. The van der Waals surface area contributed by atoms with Crippen molar-refractivity contribution in [3.8, 4) is 0 Å². The summed E-state index contributed by atoms with van der Waals surface area (Å²) in [6.45, 7) is 3.30. The highest BCUT2D eigenvalue weighted by atomic mass is 16.4. The lowest BCUT2D eigenvalue weighted by Crippen LogP contribution is -2.29. The Hall–Kier alpha value is -1.65. The van der Waals surface area contributed by atoms with Crippen LogP contribution in [-0.2, 0) is 24.1 Å². The van der Waals surface area contributed by atoms with Gasteiger partial charge in [-0.15, -0.1) is 0 Å². The SMILES string of the molecule is CC(C)(Cc1nc(=O)[nH]c2c1CCC2)C(=O)O. The molecule has 0 spiro atoms. The maximum Gasteiger partial charge on any atom is 0.345 e. The van der Waals surface area contributed by atoms with Crippen LogP contribution in [-0.4, -0.2) is 21.0 Å². The van der Waals surface area contributed by atoms with Gasteiger partial charge in [0.2, 0.25) is 0 Å². The van der Waals surface area contributed by atoms with Gasteiger partial charge < -0.3 is 10.1 Å². The van der Waals surface area contributed by atoms with Gasteiger partial charge in [-0.1, -0.05) is 0 Å². The molecule has 2 N–H and O–H groups in total. The zero-order valence-corrected chi connectivity index (χ0v) is 10.0. The van der Waals surface area contributed by atoms with Crippen molar-refractivity contribution in [2.24, 2.45) is 5.41 Å². The molecular formula is C12H16N2O3. The third kappa shape index (κ3) is 2.23. The number of nitrogens with zero attached hydrogens (tertiary/aromatic N) is 1. The van der Waals surface area contributed by atoms with Crippen molar-refractivity contribution < 1.29 is 9.90 Å². The number of hydrogen-bond donors (Lipinski definition) is 2. The van der Waals surface area contributed by atoms with Crippen molar-refractivity contribution in [3.05, 3.63) is 27.4 Å². The lowest BCUT2D eigenvalue weighted by atomic mass is 9.86. The Morgan fingerprint density at radius 3 is 2.82 bits per heavy atom. The first-order chi connectivity index (χ1) is 7.90. The van der Waals surface area contributed by atoms with Gasteiger partial charge >= 0.3 is 11.7 Å². The van der Waals surface area contributed by atoms with Crippen molar-refractivity contribution in [1.29, 1.82) is 0 Å². The summed E-state index contributed by atoms with van der Waals surface area (Å²) in [6.07, 6.45) is 3.03. The van der Waals surface area contributed by atoms with Crippen LogP contribution in [0.2, 0.25) is 0 Å². The van der Waals surface area contributed by atoms with Gasteiger partial charge in [-0.2, -0.15) is 4.98 Å². The number of aromatic amines is 1. The van der Waals surface area contributed by atoms with E-state index in [1.807, 2.05) is 0 Å². The number of H-pyrrole nitrogens is 1. The predicted molar refractivity (Wildman–Crippen MR) is 62.0 cm³/mol. The maximum absolute atomic E-state index is 11.4. The molecule has 0 amide bonds. The smallest absolute Gasteiger partial charge is 0.345 e. The van der Waals surface area contributed by atoms with E-state index in [0.29, 0.717) is 12.1 Å². The predicted octanol–water partition coefficient (Wildman–Crippen LogP) is 0.912. The second kappa shape index (κ2) is 3.98. The molecule has 0 atom stereocenters. The first-order valence-electron chi connectivity index (χ1n) is 5.74. The van der Waals surface area contributed by atoms with Crippen molar-refractivity contribution in [2.45, 2.75) is 39.5 Å². The molecule has 2 rings (SSSR count). The number of fused-ring (bicyclic) bond motifs is 1. The standard InChI is InChI=1S/C12H16N2O3/c1-12(2,10(15)16)6-9-7-4-3-5-8(7)13-11(17)14-9/h3-6H2,1-2H3,(H,15,16)(H,13,14,17). The summed E-state index contributed by atoms with van der Waals surface area (Å²) < 4.78 is 0. The molecule has 0 aromatic carbocycles. The number of carboxylic acid groups (broad SMARTS) is 1. The largest absolute Gasteiger partial charge is 0.481 e. The molecule has 5 nitrogen and oxygen atoms in total. The maximum atomic E-state index is 11.4. The van der Waals surface area contributed by atoms with E-state index in [0.717, 1.165) is 30.5 Å². The zero-order valence-electron chi connectivity index (χ0n) is 10.0. The number of carbonyl (C=O) groups is 1. The number of aryl methyl sites for hydroxylation is 1. The van der Waals surface area contributed by atoms with E-state index in [1.165, 1.54) is 0 Å². The van der Waals surface area contributed by atoms with Gasteiger partial charge in [0.1, 0.15) is 0 Å². The van der Waals surface area contributed by atoms with Crippen LogP contribution in [0.1, 0.15) is 37.2 Å². The highest BCUT2D eigenvalue weighted by Gasteiger charge is 2.30. The molecule has 92 valence electrons. The number of rotatable bonds is 3. The Balaban J connectivity index is 2.40. The van der Waals surface area contributed by atoms with Crippen LogP contribution in [0.15, 0.2) is 4.79 Å². The summed E-state index contributed by atoms with van der Waals surface area (Å²) in [4.78, 5) is 29.2. The lowest BCUT2D eigenvalue weighted by Gasteiger charge is -2.19. The topological polar surface area (TPSA) is 83.0 Å². The number of carboxylic acids is 1. The fraction of sp³-hybridized carbons (Fsp3) is 0.583. The lowest BCUT2D eigenvalue weighted by molar-refractivity contribution is -0.146. The molecule has 1 aromatic heterocycles. The summed E-state index contributed by atoms with van der Waals surface area (Å²) in [7, 11) is 0. The van der Waals surface area contributed by atoms with E-state index in [2.05, 4.69) is 9.97 Å². The Morgan fingerprint density at radius 1 is 1.47 bits per heavy atom. The molecule has 1 heterocycles. The molecule has 1 aliphatic rings. The quantitative estimate of drug-likeness (QED) is 0.817. The molecule has 17 heavy (non-hydrogen) atoms. The van der Waals surface area contributed by atoms with E-state index in [-0.39, 0.29) is 5.69 Å². The second-order valence-corrected chi connectivity index (χ2v) is 5.17. The first kappa shape index (κ1) is 11.8. The Labute approximate surface area is 98.9 Å². The van der Waals surface area contributed by atoms with Crippen molar-refractivity contribution in [2.75, 3.05) is 0 Å². The molecule has 1 aromatic rings. The Morgan fingerprint density at radius 2 is 2.18 bits per heavy atom. The van der Waals surface area contributed by atoms with Gasteiger partial charge in [0.25, 0.3) is 0 Å². The van der Waals surface area contributed by atoms with E-state index >= 15 is 0 Å². The van der Waals surface area contributed by atoms with Crippen LogP contribution in [0.4, 0.5) is 0 Å². The van der Waals surface area contributed by atoms with Crippen molar-refractivity contribution in [1.82, 2.24) is 9.97 Å². The number of nitrogens with one attached hydrogen (secondary N) is 1. The van der Waals surface area contributed by atoms with Gasteiger partial charge in [0.05, 0.1) is 11.1 Å². The normalized spacial score (nSPS) is 14.7. The highest BCUT2D eigenvalue weighted by Crippen LogP contribution is 2.27. The molecule has 5 heteroatoms. The molecular weight excluding hydrogens is 220 g/mol. The van der Waals surface area contributed by atoms with Gasteiger partial charge in [-0.3, -0.25) is 4.79 Å². The summed E-state index contributed by atoms with van der Waals surface area (Å²) in [6, 6.07) is 0. The number of aromatic nitrogens is 2. The Bertz CT molecular complexity index is 517. The molecule has 0 fully saturated rings. The first-order valence-corrected chi connectivity index (χ1v) is 5.74. The van der Waals surface area contributed by atoms with E-state index in [9.17, 15) is 9.59 Å². The molecule has 0 bridgehead atoms. The van der Waals surface area contributed by atoms with Gasteiger partial charge in [0.15, 0.2) is 0 Å². The fourth-order valence-corrected chi connectivity index (χ4v) is 2.19. The van der Waals surface area contributed by atoms with Crippen LogP contribution < -0.4 is 5.69 Å². The van der Waals surface area contributed by atoms with Gasteiger partial charge in [-0.25, -0.2) is 4.79 Å². The molecule has 1 aliphatic carbocycles. The summed E-state index contributed by atoms with van der Waals surface area (Å²) in [5, 5.41) is 9.11. The van der Waals surface area contributed by atoms with Crippen LogP contribution in [0.3, 0.4) is 0 Å². The van der Waals surface area contributed by atoms with Gasteiger partial charge in [0, 0.05) is 12.1 Å². The monoisotopic (exact) mass is 236 g/mol. The summed E-state index contributed by atoms with van der Waals surface area (Å²) in [5.41, 5.74) is 1.35. The summed E-state index contributed by atoms with van der Waals surface area (Å²) >= 11 is 0. The Kier molecular flexibility index (Phi) is 2.77. The van der Waals surface area contributed by atoms with Crippen LogP contribution in [0.25, 0.3) is 0 Å². The minimum absolute atomic E-state index is 0.300. The van der Waals surface area contributed by atoms with Crippen molar-refractivity contribution in [3.63, 3.8) is 0 Å². The third-order valence-corrected chi connectivity index (χ3v) is 3.25. The molecule has 0 aliphatic heterocycles. The van der Waals surface area contributed by atoms with Crippen molar-refractivity contribution >= 4 is 5.97 Å². The number of hydrogen-bond acceptors (Lipinski definition) is 3. The third-order valence-electron chi connectivity index (χ3n) is 3.25. The minimum atomic E-state index is -0.892. The van der Waals surface area contributed by atoms with Crippen LogP contribution in [0, 0.1) is 5.41 Å². The average Bonchev–Trinajstić information content (AvgIpc) is 2.64. The van der Waals surface area contributed by atoms with Crippen LogP contribution in [0.5, 0.6) is 0 Å². The minimum Gasteiger partial charge on any atom is -0.481 e. The van der Waals surface area contributed by atoms with E-state index in [4.69, 9.17) is 5.11 Å². The fourth-order valence-electron chi connectivity index (χ4n) is 2.19. The number of aliphatic carboxylic acids is 1. The molecule has 0 unspecified atom stereocenters. The zero-order chi connectivity index (χ0) is 12.6. The molecule has 0 saturated heterocycles. The van der Waals surface area contributed by atoms with E-state index in [1.54, 1.807) is 13.8 Å². The van der Waals surface area contributed by atoms with Crippen LogP contribution >= 0.6 is 0 Å². The molecule has 0 saturated carbocycles. The molecule has 0 radical (unpaired) electrons. The average molecular weight is 236 g/mol.